The Hall–Kier alpha value is -2.98. The molecule has 1 amide bonds. The maximum atomic E-state index is 13.5. The minimum atomic E-state index is -3.98. The van der Waals surface area contributed by atoms with Gasteiger partial charge in [0, 0.05) is 19.0 Å². The van der Waals surface area contributed by atoms with Gasteiger partial charge in [0.25, 0.3) is 0 Å². The molecular formula is C22H22F2N2O5S. The van der Waals surface area contributed by atoms with Crippen molar-refractivity contribution in [3.8, 4) is 0 Å². The first-order chi connectivity index (χ1) is 15.3. The van der Waals surface area contributed by atoms with E-state index in [1.165, 1.54) is 16.8 Å². The number of carbonyl (C=O) groups is 1. The fourth-order valence-electron chi connectivity index (χ4n) is 3.78. The van der Waals surface area contributed by atoms with Gasteiger partial charge in [0.15, 0.2) is 11.6 Å². The standard InChI is InChI=1S/C22H22F2N2O5S/c23-20-6-5-19(13-21(20)24)32(28,29)26-9-7-16(8-10-26)22(27)25(14-17-3-1-11-30-17)15-18-4-2-12-31-18/h1-6,11-13,16H,7-10,14-15H2. The minimum Gasteiger partial charge on any atom is -0.467 e. The van der Waals surface area contributed by atoms with E-state index in [1.54, 1.807) is 29.2 Å². The number of nitrogens with zero attached hydrogens (tertiary/aromatic N) is 2. The number of furan rings is 2. The molecule has 0 radical (unpaired) electrons. The lowest BCUT2D eigenvalue weighted by Crippen LogP contribution is -2.44. The summed E-state index contributed by atoms with van der Waals surface area (Å²) in [6.45, 7) is 0.736. The smallest absolute Gasteiger partial charge is 0.243 e. The van der Waals surface area contributed by atoms with Crippen LogP contribution in [0.15, 0.2) is 68.7 Å². The van der Waals surface area contributed by atoms with Gasteiger partial charge in [-0.25, -0.2) is 17.2 Å². The number of carbonyl (C=O) groups excluding carboxylic acids is 1. The maximum Gasteiger partial charge on any atom is 0.243 e. The number of halogens is 2. The molecule has 4 rings (SSSR count). The van der Waals surface area contributed by atoms with Crippen molar-refractivity contribution in [3.05, 3.63) is 78.1 Å². The molecule has 170 valence electrons. The van der Waals surface area contributed by atoms with E-state index in [2.05, 4.69) is 0 Å². The van der Waals surface area contributed by atoms with Crippen LogP contribution in [0.25, 0.3) is 0 Å². The first-order valence-electron chi connectivity index (χ1n) is 10.1. The molecule has 1 aromatic carbocycles. The number of amides is 1. The first-order valence-corrected chi connectivity index (χ1v) is 11.6. The average molecular weight is 464 g/mol. The monoisotopic (exact) mass is 464 g/mol. The third-order valence-electron chi connectivity index (χ3n) is 5.50. The molecule has 1 aliphatic rings. The molecule has 3 aromatic rings. The highest BCUT2D eigenvalue weighted by Gasteiger charge is 2.34. The highest BCUT2D eigenvalue weighted by atomic mass is 32.2. The second kappa shape index (κ2) is 9.25. The molecule has 1 saturated heterocycles. The molecule has 0 spiro atoms. The van der Waals surface area contributed by atoms with E-state index >= 15 is 0 Å². The zero-order chi connectivity index (χ0) is 22.7. The van der Waals surface area contributed by atoms with Gasteiger partial charge >= 0.3 is 0 Å². The summed E-state index contributed by atoms with van der Waals surface area (Å²) in [7, 11) is -3.98. The highest BCUT2D eigenvalue weighted by molar-refractivity contribution is 7.89. The highest BCUT2D eigenvalue weighted by Crippen LogP contribution is 2.27. The van der Waals surface area contributed by atoms with E-state index in [4.69, 9.17) is 8.83 Å². The Kier molecular flexibility index (Phi) is 6.43. The van der Waals surface area contributed by atoms with Gasteiger partial charge in [0.2, 0.25) is 15.9 Å². The van der Waals surface area contributed by atoms with Crippen LogP contribution in [0.5, 0.6) is 0 Å². The lowest BCUT2D eigenvalue weighted by Gasteiger charge is -2.33. The van der Waals surface area contributed by atoms with Crippen molar-refractivity contribution in [1.29, 1.82) is 0 Å². The molecule has 10 heteroatoms. The Labute approximate surface area is 184 Å². The average Bonchev–Trinajstić information content (AvgIpc) is 3.49. The van der Waals surface area contributed by atoms with Gasteiger partial charge in [-0.05, 0) is 55.3 Å². The summed E-state index contributed by atoms with van der Waals surface area (Å²) in [4.78, 5) is 14.6. The number of hydrogen-bond acceptors (Lipinski definition) is 5. The molecule has 0 N–H and O–H groups in total. The number of rotatable bonds is 7. The van der Waals surface area contributed by atoms with Crippen molar-refractivity contribution in [2.24, 2.45) is 5.92 Å². The molecule has 32 heavy (non-hydrogen) atoms. The fourth-order valence-corrected chi connectivity index (χ4v) is 5.26. The predicted molar refractivity (Wildman–Crippen MR) is 110 cm³/mol. The molecule has 0 atom stereocenters. The van der Waals surface area contributed by atoms with Crippen molar-refractivity contribution in [2.45, 2.75) is 30.8 Å². The van der Waals surface area contributed by atoms with E-state index in [1.807, 2.05) is 0 Å². The van der Waals surface area contributed by atoms with E-state index in [0.717, 1.165) is 12.1 Å². The van der Waals surface area contributed by atoms with Crippen LogP contribution < -0.4 is 0 Å². The molecular weight excluding hydrogens is 442 g/mol. The summed E-state index contributed by atoms with van der Waals surface area (Å²) in [6, 6.07) is 9.55. The van der Waals surface area contributed by atoms with Crippen molar-refractivity contribution >= 4 is 15.9 Å². The van der Waals surface area contributed by atoms with E-state index in [-0.39, 0.29) is 42.9 Å². The summed E-state index contributed by atoms with van der Waals surface area (Å²) >= 11 is 0. The lowest BCUT2D eigenvalue weighted by molar-refractivity contribution is -0.138. The van der Waals surface area contributed by atoms with E-state index in [9.17, 15) is 22.0 Å². The van der Waals surface area contributed by atoms with Crippen LogP contribution in [-0.2, 0) is 27.9 Å². The van der Waals surface area contributed by atoms with Crippen LogP contribution in [0.4, 0.5) is 8.78 Å². The summed E-state index contributed by atoms with van der Waals surface area (Å²) < 4.78 is 64.3. The third kappa shape index (κ3) is 4.76. The van der Waals surface area contributed by atoms with E-state index in [0.29, 0.717) is 30.4 Å². The molecule has 1 fully saturated rings. The molecule has 0 saturated carbocycles. The fraction of sp³-hybridized carbons (Fsp3) is 0.318. The topological polar surface area (TPSA) is 84.0 Å². The molecule has 2 aromatic heterocycles. The Morgan fingerprint density at radius 2 is 1.56 bits per heavy atom. The van der Waals surface area contributed by atoms with Crippen LogP contribution in [-0.4, -0.2) is 36.6 Å². The Morgan fingerprint density at radius 1 is 0.969 bits per heavy atom. The summed E-state index contributed by atoms with van der Waals surface area (Å²) in [5, 5.41) is 0. The van der Waals surface area contributed by atoms with Crippen molar-refractivity contribution < 1.29 is 30.8 Å². The summed E-state index contributed by atoms with van der Waals surface area (Å²) in [5.41, 5.74) is 0. The Bertz CT molecular complexity index is 1120. The zero-order valence-electron chi connectivity index (χ0n) is 17.1. The largest absolute Gasteiger partial charge is 0.467 e. The zero-order valence-corrected chi connectivity index (χ0v) is 17.9. The normalized spacial score (nSPS) is 15.7. The number of hydrogen-bond donors (Lipinski definition) is 0. The Morgan fingerprint density at radius 3 is 2.06 bits per heavy atom. The molecule has 0 bridgehead atoms. The summed E-state index contributed by atoms with van der Waals surface area (Å²) in [5.74, 6) is -1.57. The van der Waals surface area contributed by atoms with Crippen molar-refractivity contribution in [3.63, 3.8) is 0 Å². The van der Waals surface area contributed by atoms with Gasteiger partial charge in [0.05, 0.1) is 30.5 Å². The van der Waals surface area contributed by atoms with Gasteiger partial charge in [-0.15, -0.1) is 0 Å². The van der Waals surface area contributed by atoms with Gasteiger partial charge in [-0.3, -0.25) is 4.79 Å². The molecule has 1 aliphatic heterocycles. The molecule has 0 aliphatic carbocycles. The lowest BCUT2D eigenvalue weighted by atomic mass is 9.96. The van der Waals surface area contributed by atoms with Gasteiger partial charge in [0.1, 0.15) is 11.5 Å². The van der Waals surface area contributed by atoms with E-state index < -0.39 is 21.7 Å². The van der Waals surface area contributed by atoms with Crippen LogP contribution >= 0.6 is 0 Å². The van der Waals surface area contributed by atoms with Crippen molar-refractivity contribution in [2.75, 3.05) is 13.1 Å². The van der Waals surface area contributed by atoms with Gasteiger partial charge in [-0.2, -0.15) is 4.31 Å². The van der Waals surface area contributed by atoms with Crippen molar-refractivity contribution in [1.82, 2.24) is 9.21 Å². The van der Waals surface area contributed by atoms with Crippen LogP contribution in [0.1, 0.15) is 24.4 Å². The number of piperidine rings is 1. The molecule has 7 nitrogen and oxygen atoms in total. The number of benzene rings is 1. The second-order valence-electron chi connectivity index (χ2n) is 7.61. The Balaban J connectivity index is 1.44. The third-order valence-corrected chi connectivity index (χ3v) is 7.39. The molecule has 0 unspecified atom stereocenters. The SMILES string of the molecule is O=C(C1CCN(S(=O)(=O)c2ccc(F)c(F)c2)CC1)N(Cc1ccco1)Cc1ccco1. The second-order valence-corrected chi connectivity index (χ2v) is 9.55. The molecule has 3 heterocycles. The number of sulfonamides is 1. The van der Waals surface area contributed by atoms with Crippen LogP contribution in [0, 0.1) is 17.6 Å². The van der Waals surface area contributed by atoms with Crippen LogP contribution in [0.2, 0.25) is 0 Å². The minimum absolute atomic E-state index is 0.104. The maximum absolute atomic E-state index is 13.5. The quantitative estimate of drug-likeness (QED) is 0.531. The predicted octanol–water partition coefficient (Wildman–Crippen LogP) is 3.78. The van der Waals surface area contributed by atoms with Gasteiger partial charge < -0.3 is 13.7 Å². The first kappa shape index (κ1) is 22.2. The van der Waals surface area contributed by atoms with Gasteiger partial charge in [-0.1, -0.05) is 0 Å². The summed E-state index contributed by atoms with van der Waals surface area (Å²) in [6.07, 6.45) is 3.70. The van der Waals surface area contributed by atoms with Crippen LogP contribution in [0.3, 0.4) is 0 Å².